The van der Waals surface area contributed by atoms with Crippen LogP contribution in [-0.4, -0.2) is 50.9 Å². The Morgan fingerprint density at radius 1 is 1.30 bits per heavy atom. The molecule has 0 aliphatic carbocycles. The Morgan fingerprint density at radius 2 is 1.96 bits per heavy atom. The van der Waals surface area contributed by atoms with Crippen molar-refractivity contribution in [3.8, 4) is 0 Å². The standard InChI is InChI=1S/C17H24N4O2/c1-10(2)21-16-15(7-18-21)14(6-11(3)19-16)17(22)20-8-12(4)23-13(5)9-20/h6-7,10,12-13H,8-9H2,1-5H3. The van der Waals surface area contributed by atoms with Gasteiger partial charge in [0.05, 0.1) is 29.4 Å². The van der Waals surface area contributed by atoms with Gasteiger partial charge in [-0.1, -0.05) is 0 Å². The van der Waals surface area contributed by atoms with Crippen molar-refractivity contribution in [3.05, 3.63) is 23.5 Å². The van der Waals surface area contributed by atoms with Gasteiger partial charge in [0.2, 0.25) is 0 Å². The van der Waals surface area contributed by atoms with Gasteiger partial charge < -0.3 is 9.64 Å². The number of carbonyl (C=O) groups is 1. The summed E-state index contributed by atoms with van der Waals surface area (Å²) in [6.07, 6.45) is 1.86. The van der Waals surface area contributed by atoms with Gasteiger partial charge in [0.15, 0.2) is 5.65 Å². The van der Waals surface area contributed by atoms with E-state index in [2.05, 4.69) is 23.9 Å². The summed E-state index contributed by atoms with van der Waals surface area (Å²) >= 11 is 0. The fourth-order valence-electron chi connectivity index (χ4n) is 3.21. The second kappa shape index (κ2) is 5.92. The van der Waals surface area contributed by atoms with Gasteiger partial charge in [-0.2, -0.15) is 5.10 Å². The first-order valence-electron chi connectivity index (χ1n) is 8.16. The summed E-state index contributed by atoms with van der Waals surface area (Å²) in [6, 6.07) is 2.06. The van der Waals surface area contributed by atoms with Crippen LogP contribution in [0.3, 0.4) is 0 Å². The number of aromatic nitrogens is 3. The highest BCUT2D eigenvalue weighted by molar-refractivity contribution is 6.05. The van der Waals surface area contributed by atoms with Gasteiger partial charge in [0.25, 0.3) is 5.91 Å². The molecule has 2 aromatic heterocycles. The molecule has 1 aliphatic heterocycles. The number of rotatable bonds is 2. The van der Waals surface area contributed by atoms with Crippen molar-refractivity contribution >= 4 is 16.9 Å². The molecule has 1 aliphatic rings. The molecule has 3 rings (SSSR count). The molecule has 23 heavy (non-hydrogen) atoms. The van der Waals surface area contributed by atoms with E-state index in [0.29, 0.717) is 18.7 Å². The molecule has 2 unspecified atom stereocenters. The van der Waals surface area contributed by atoms with Crippen LogP contribution in [0.2, 0.25) is 0 Å². The molecule has 0 saturated carbocycles. The van der Waals surface area contributed by atoms with E-state index in [0.717, 1.165) is 16.7 Å². The zero-order chi connectivity index (χ0) is 16.7. The van der Waals surface area contributed by atoms with Crippen LogP contribution < -0.4 is 0 Å². The van der Waals surface area contributed by atoms with Crippen LogP contribution in [0.4, 0.5) is 0 Å². The second-order valence-electron chi connectivity index (χ2n) is 6.70. The van der Waals surface area contributed by atoms with Gasteiger partial charge in [-0.05, 0) is 40.7 Å². The summed E-state index contributed by atoms with van der Waals surface area (Å²) in [5.41, 5.74) is 2.29. The Labute approximate surface area is 136 Å². The minimum Gasteiger partial charge on any atom is -0.372 e. The van der Waals surface area contributed by atoms with E-state index in [1.807, 2.05) is 36.4 Å². The Morgan fingerprint density at radius 3 is 2.57 bits per heavy atom. The summed E-state index contributed by atoms with van der Waals surface area (Å²) < 4.78 is 7.59. The Kier molecular flexibility index (Phi) is 4.10. The molecule has 0 aromatic carbocycles. The molecule has 0 N–H and O–H groups in total. The number of hydrogen-bond acceptors (Lipinski definition) is 4. The molecule has 6 nitrogen and oxygen atoms in total. The minimum atomic E-state index is 0.0332. The topological polar surface area (TPSA) is 60.3 Å². The maximum absolute atomic E-state index is 13.0. The first-order valence-corrected chi connectivity index (χ1v) is 8.16. The molecule has 2 atom stereocenters. The van der Waals surface area contributed by atoms with Crippen LogP contribution in [0.5, 0.6) is 0 Å². The summed E-state index contributed by atoms with van der Waals surface area (Å²) in [4.78, 5) is 19.5. The van der Waals surface area contributed by atoms with E-state index in [9.17, 15) is 4.79 Å². The van der Waals surface area contributed by atoms with Crippen molar-refractivity contribution in [3.63, 3.8) is 0 Å². The van der Waals surface area contributed by atoms with Gasteiger partial charge in [0.1, 0.15) is 0 Å². The normalized spacial score (nSPS) is 22.1. The number of hydrogen-bond donors (Lipinski definition) is 0. The average Bonchev–Trinajstić information content (AvgIpc) is 2.88. The van der Waals surface area contributed by atoms with Crippen molar-refractivity contribution in [1.29, 1.82) is 0 Å². The zero-order valence-corrected chi connectivity index (χ0v) is 14.4. The van der Waals surface area contributed by atoms with Crippen molar-refractivity contribution in [1.82, 2.24) is 19.7 Å². The number of fused-ring (bicyclic) bond motifs is 1. The quantitative estimate of drug-likeness (QED) is 0.854. The van der Waals surface area contributed by atoms with Crippen LogP contribution in [0.25, 0.3) is 11.0 Å². The Hall–Kier alpha value is -1.95. The van der Waals surface area contributed by atoms with Crippen LogP contribution >= 0.6 is 0 Å². The van der Waals surface area contributed by atoms with Crippen LogP contribution in [0, 0.1) is 6.92 Å². The number of aryl methyl sites for hydroxylation is 1. The van der Waals surface area contributed by atoms with E-state index in [-0.39, 0.29) is 24.2 Å². The molecular formula is C17H24N4O2. The molecule has 0 spiro atoms. The SMILES string of the molecule is Cc1cc(C(=O)N2CC(C)OC(C)C2)c2cnn(C(C)C)c2n1. The lowest BCUT2D eigenvalue weighted by Crippen LogP contribution is -2.48. The van der Waals surface area contributed by atoms with Crippen LogP contribution in [-0.2, 0) is 4.74 Å². The third-order valence-electron chi connectivity index (χ3n) is 4.12. The first kappa shape index (κ1) is 15.9. The molecule has 0 bridgehead atoms. The van der Waals surface area contributed by atoms with E-state index in [1.54, 1.807) is 6.20 Å². The lowest BCUT2D eigenvalue weighted by atomic mass is 10.1. The molecule has 1 amide bonds. The first-order chi connectivity index (χ1) is 10.9. The minimum absolute atomic E-state index is 0.0332. The van der Waals surface area contributed by atoms with Gasteiger partial charge in [-0.15, -0.1) is 0 Å². The van der Waals surface area contributed by atoms with E-state index < -0.39 is 0 Å². The molecule has 3 heterocycles. The number of carbonyl (C=O) groups excluding carboxylic acids is 1. The lowest BCUT2D eigenvalue weighted by molar-refractivity contribution is -0.0585. The third-order valence-corrected chi connectivity index (χ3v) is 4.12. The highest BCUT2D eigenvalue weighted by Crippen LogP contribution is 2.23. The highest BCUT2D eigenvalue weighted by atomic mass is 16.5. The van der Waals surface area contributed by atoms with Gasteiger partial charge in [-0.3, -0.25) is 4.79 Å². The van der Waals surface area contributed by atoms with Crippen LogP contribution in [0.15, 0.2) is 12.3 Å². The zero-order valence-electron chi connectivity index (χ0n) is 14.4. The van der Waals surface area contributed by atoms with Gasteiger partial charge >= 0.3 is 0 Å². The van der Waals surface area contributed by atoms with Crippen molar-refractivity contribution < 1.29 is 9.53 Å². The predicted octanol–water partition coefficient (Wildman–Crippen LogP) is 2.57. The highest BCUT2D eigenvalue weighted by Gasteiger charge is 2.28. The molecule has 6 heteroatoms. The number of morpholine rings is 1. The van der Waals surface area contributed by atoms with E-state index in [4.69, 9.17) is 4.74 Å². The number of pyridine rings is 1. The van der Waals surface area contributed by atoms with Gasteiger partial charge in [-0.25, -0.2) is 9.67 Å². The molecule has 1 saturated heterocycles. The third kappa shape index (κ3) is 2.95. The lowest BCUT2D eigenvalue weighted by Gasteiger charge is -2.35. The predicted molar refractivity (Wildman–Crippen MR) is 88.6 cm³/mol. The number of ether oxygens (including phenoxy) is 1. The van der Waals surface area contributed by atoms with Gasteiger partial charge in [0, 0.05) is 24.8 Å². The summed E-state index contributed by atoms with van der Waals surface area (Å²) in [5, 5.41) is 5.23. The molecule has 2 aromatic rings. The fourth-order valence-corrected chi connectivity index (χ4v) is 3.21. The van der Waals surface area contributed by atoms with Crippen molar-refractivity contribution in [2.45, 2.75) is 52.9 Å². The molecule has 124 valence electrons. The maximum atomic E-state index is 13.0. The molecular weight excluding hydrogens is 292 g/mol. The number of nitrogens with zero attached hydrogens (tertiary/aromatic N) is 4. The smallest absolute Gasteiger partial charge is 0.254 e. The maximum Gasteiger partial charge on any atom is 0.254 e. The van der Waals surface area contributed by atoms with Crippen molar-refractivity contribution in [2.75, 3.05) is 13.1 Å². The van der Waals surface area contributed by atoms with Crippen LogP contribution in [0.1, 0.15) is 49.8 Å². The Balaban J connectivity index is 2.03. The van der Waals surface area contributed by atoms with E-state index >= 15 is 0 Å². The largest absolute Gasteiger partial charge is 0.372 e. The summed E-state index contributed by atoms with van der Waals surface area (Å²) in [5.74, 6) is 0.0332. The summed E-state index contributed by atoms with van der Waals surface area (Å²) in [7, 11) is 0. The number of amides is 1. The molecule has 0 radical (unpaired) electrons. The molecule has 1 fully saturated rings. The second-order valence-corrected chi connectivity index (χ2v) is 6.70. The average molecular weight is 316 g/mol. The summed E-state index contributed by atoms with van der Waals surface area (Å²) in [6.45, 7) is 11.3. The Bertz CT molecular complexity index is 728. The van der Waals surface area contributed by atoms with E-state index in [1.165, 1.54) is 0 Å². The monoisotopic (exact) mass is 316 g/mol. The fraction of sp³-hybridized carbons (Fsp3) is 0.588. The van der Waals surface area contributed by atoms with Crippen molar-refractivity contribution in [2.24, 2.45) is 0 Å².